The molecule has 0 saturated carbocycles. The highest BCUT2D eigenvalue weighted by molar-refractivity contribution is 6.11. The molecule has 2 amide bonds. The molecule has 25 heavy (non-hydrogen) atoms. The summed E-state index contributed by atoms with van der Waals surface area (Å²) < 4.78 is 0. The van der Waals surface area contributed by atoms with Crippen LogP contribution in [0.4, 0.5) is 16.2 Å². The Morgan fingerprint density at radius 2 is 1.92 bits per heavy atom. The van der Waals surface area contributed by atoms with Gasteiger partial charge in [0.25, 0.3) is 0 Å². The second kappa shape index (κ2) is 5.83. The summed E-state index contributed by atoms with van der Waals surface area (Å²) in [6.07, 6.45) is 6.56. The predicted molar refractivity (Wildman–Crippen MR) is 93.1 cm³/mol. The highest BCUT2D eigenvalue weighted by Crippen LogP contribution is 2.32. The fraction of sp³-hybridized carbons (Fsp3) is 0.167. The molecule has 0 radical (unpaired) electrons. The Kier molecular flexibility index (Phi) is 3.51. The maximum absolute atomic E-state index is 13.0. The summed E-state index contributed by atoms with van der Waals surface area (Å²) in [7, 11) is 0. The van der Waals surface area contributed by atoms with Gasteiger partial charge < -0.3 is 0 Å². The van der Waals surface area contributed by atoms with E-state index in [1.54, 1.807) is 31.7 Å². The fourth-order valence-corrected chi connectivity index (χ4v) is 3.00. The van der Waals surface area contributed by atoms with Crippen LogP contribution in [0.5, 0.6) is 0 Å². The smallest absolute Gasteiger partial charge is 0.288 e. The Hall–Kier alpha value is -3.53. The normalized spacial score (nSPS) is 17.1. The number of urea groups is 1. The number of benzene rings is 1. The fourth-order valence-electron chi connectivity index (χ4n) is 3.00. The summed E-state index contributed by atoms with van der Waals surface area (Å²) in [6.45, 7) is 2.03. The molecule has 4 rings (SSSR count). The number of nitriles is 1. The van der Waals surface area contributed by atoms with Crippen molar-refractivity contribution in [3.63, 3.8) is 0 Å². The van der Waals surface area contributed by atoms with Gasteiger partial charge in [0, 0.05) is 17.0 Å². The van der Waals surface area contributed by atoms with Crippen molar-refractivity contribution in [1.29, 1.82) is 5.26 Å². The van der Waals surface area contributed by atoms with E-state index in [1.165, 1.54) is 9.80 Å². The zero-order valence-electron chi connectivity index (χ0n) is 13.5. The highest BCUT2D eigenvalue weighted by Gasteiger charge is 2.40. The number of fused-ring (bicyclic) bond motifs is 1. The lowest BCUT2D eigenvalue weighted by Crippen LogP contribution is -2.34. The average Bonchev–Trinajstić information content (AvgIpc) is 2.98. The number of carbonyl (C=O) groups is 1. The van der Waals surface area contributed by atoms with Crippen molar-refractivity contribution in [3.05, 3.63) is 54.9 Å². The molecule has 3 aromatic rings. The number of hydrogen-bond donors (Lipinski definition) is 0. The molecule has 1 aromatic carbocycles. The molecule has 122 valence electrons. The van der Waals surface area contributed by atoms with Crippen molar-refractivity contribution in [2.45, 2.75) is 13.0 Å². The minimum Gasteiger partial charge on any atom is -0.288 e. The van der Waals surface area contributed by atoms with Crippen LogP contribution >= 0.6 is 0 Å². The van der Waals surface area contributed by atoms with Crippen molar-refractivity contribution in [2.75, 3.05) is 16.3 Å². The maximum atomic E-state index is 13.0. The van der Waals surface area contributed by atoms with Gasteiger partial charge in [-0.1, -0.05) is 24.3 Å². The van der Waals surface area contributed by atoms with Crippen LogP contribution in [0.1, 0.15) is 5.82 Å². The molecule has 3 heterocycles. The third kappa shape index (κ3) is 2.44. The van der Waals surface area contributed by atoms with Crippen LogP contribution in [0.15, 0.2) is 49.1 Å². The van der Waals surface area contributed by atoms with E-state index < -0.39 is 6.04 Å². The van der Waals surface area contributed by atoms with E-state index in [-0.39, 0.29) is 12.6 Å². The first-order valence-corrected chi connectivity index (χ1v) is 7.81. The summed E-state index contributed by atoms with van der Waals surface area (Å²) in [5, 5.41) is 11.4. The molecule has 0 aliphatic carbocycles. The third-order valence-electron chi connectivity index (χ3n) is 4.24. The van der Waals surface area contributed by atoms with Gasteiger partial charge in [-0.25, -0.2) is 14.8 Å². The molecule has 1 fully saturated rings. The van der Waals surface area contributed by atoms with Crippen LogP contribution in [0.2, 0.25) is 0 Å². The van der Waals surface area contributed by atoms with Gasteiger partial charge in [-0.3, -0.25) is 14.8 Å². The molecule has 1 saturated heterocycles. The van der Waals surface area contributed by atoms with E-state index >= 15 is 0 Å². The van der Waals surface area contributed by atoms with Crippen molar-refractivity contribution < 1.29 is 4.79 Å². The van der Waals surface area contributed by atoms with Crippen molar-refractivity contribution in [2.24, 2.45) is 0 Å². The van der Waals surface area contributed by atoms with Gasteiger partial charge in [-0.2, -0.15) is 5.26 Å². The first kappa shape index (κ1) is 15.0. The Bertz CT molecular complexity index is 989. The number of aryl methyl sites for hydroxylation is 1. The lowest BCUT2D eigenvalue weighted by Gasteiger charge is -2.20. The molecular weight excluding hydrogens is 316 g/mol. The average molecular weight is 330 g/mol. The first-order chi connectivity index (χ1) is 12.2. The van der Waals surface area contributed by atoms with E-state index in [0.29, 0.717) is 17.2 Å². The summed E-state index contributed by atoms with van der Waals surface area (Å²) in [5.74, 6) is 0.627. The number of rotatable bonds is 2. The molecule has 0 N–H and O–H groups in total. The SMILES string of the molecule is Cc1ncc(N2CC(C#N)N(c3cncc4ccccc34)C2=O)cn1. The molecule has 0 bridgehead atoms. The van der Waals surface area contributed by atoms with Crippen LogP contribution in [-0.2, 0) is 0 Å². The van der Waals surface area contributed by atoms with Gasteiger partial charge in [0.2, 0.25) is 0 Å². The van der Waals surface area contributed by atoms with Gasteiger partial charge in [-0.05, 0) is 6.92 Å². The Morgan fingerprint density at radius 3 is 2.68 bits per heavy atom. The molecule has 1 unspecified atom stereocenters. The predicted octanol–water partition coefficient (Wildman–Crippen LogP) is 2.67. The van der Waals surface area contributed by atoms with Crippen LogP contribution < -0.4 is 9.80 Å². The maximum Gasteiger partial charge on any atom is 0.330 e. The van der Waals surface area contributed by atoms with Gasteiger partial charge in [0.1, 0.15) is 11.9 Å². The van der Waals surface area contributed by atoms with E-state index in [9.17, 15) is 10.1 Å². The Labute approximate surface area is 144 Å². The quantitative estimate of drug-likeness (QED) is 0.721. The zero-order valence-corrected chi connectivity index (χ0v) is 13.5. The number of pyridine rings is 1. The summed E-state index contributed by atoms with van der Waals surface area (Å²) >= 11 is 0. The molecule has 7 nitrogen and oxygen atoms in total. The Balaban J connectivity index is 1.80. The van der Waals surface area contributed by atoms with Gasteiger partial charge >= 0.3 is 6.03 Å². The highest BCUT2D eigenvalue weighted by atomic mass is 16.2. The van der Waals surface area contributed by atoms with Gasteiger partial charge in [0.15, 0.2) is 0 Å². The molecular formula is C18H14N6O. The standard InChI is InChI=1S/C18H14N6O/c1-12-21-8-15(9-22-12)23-11-14(6-19)24(18(23)25)17-10-20-7-13-4-2-3-5-16(13)17/h2-5,7-10,14H,11H2,1H3. The van der Waals surface area contributed by atoms with Crippen molar-refractivity contribution in [1.82, 2.24) is 15.0 Å². The summed E-state index contributed by atoms with van der Waals surface area (Å²) in [4.78, 5) is 28.5. The second-order valence-corrected chi connectivity index (χ2v) is 5.78. The topological polar surface area (TPSA) is 86.0 Å². The molecule has 2 aromatic heterocycles. The van der Waals surface area contributed by atoms with E-state index in [4.69, 9.17) is 0 Å². The van der Waals surface area contributed by atoms with Crippen molar-refractivity contribution in [3.8, 4) is 6.07 Å². The van der Waals surface area contributed by atoms with Crippen LogP contribution in [0.3, 0.4) is 0 Å². The number of carbonyl (C=O) groups excluding carboxylic acids is 1. The van der Waals surface area contributed by atoms with Gasteiger partial charge in [-0.15, -0.1) is 0 Å². The minimum absolute atomic E-state index is 0.255. The molecule has 0 spiro atoms. The number of hydrogen-bond acceptors (Lipinski definition) is 5. The van der Waals surface area contributed by atoms with E-state index in [1.807, 2.05) is 24.3 Å². The van der Waals surface area contributed by atoms with Gasteiger partial charge in [0.05, 0.1) is 42.6 Å². The summed E-state index contributed by atoms with van der Waals surface area (Å²) in [5.41, 5.74) is 1.21. The molecule has 1 aliphatic heterocycles. The van der Waals surface area contributed by atoms with Crippen molar-refractivity contribution >= 4 is 28.2 Å². The van der Waals surface area contributed by atoms with Crippen LogP contribution in [0, 0.1) is 18.3 Å². The number of anilines is 2. The first-order valence-electron chi connectivity index (χ1n) is 7.81. The number of nitrogens with zero attached hydrogens (tertiary/aromatic N) is 6. The molecule has 7 heteroatoms. The van der Waals surface area contributed by atoms with Crippen LogP contribution in [-0.4, -0.2) is 33.6 Å². The van der Waals surface area contributed by atoms with Crippen LogP contribution in [0.25, 0.3) is 10.8 Å². The molecule has 1 aliphatic rings. The lowest BCUT2D eigenvalue weighted by atomic mass is 10.1. The molecule has 1 atom stereocenters. The number of amides is 2. The number of aromatic nitrogens is 3. The third-order valence-corrected chi connectivity index (χ3v) is 4.24. The monoisotopic (exact) mass is 330 g/mol. The minimum atomic E-state index is -0.610. The zero-order chi connectivity index (χ0) is 17.4. The summed E-state index contributed by atoms with van der Waals surface area (Å²) in [6, 6.07) is 8.99. The Morgan fingerprint density at radius 1 is 1.16 bits per heavy atom. The largest absolute Gasteiger partial charge is 0.330 e. The lowest BCUT2D eigenvalue weighted by molar-refractivity contribution is 0.255. The second-order valence-electron chi connectivity index (χ2n) is 5.78. The van der Waals surface area contributed by atoms with E-state index in [2.05, 4.69) is 21.0 Å². The van der Waals surface area contributed by atoms with E-state index in [0.717, 1.165) is 10.8 Å².